The second-order valence-corrected chi connectivity index (χ2v) is 4.05. The molecule has 0 aliphatic carbocycles. The van der Waals surface area contributed by atoms with Gasteiger partial charge >= 0.3 is 7.12 Å². The number of benzene rings is 1. The van der Waals surface area contributed by atoms with E-state index in [4.69, 9.17) is 10.0 Å². The minimum atomic E-state index is -1.59. The fourth-order valence-electron chi connectivity index (χ4n) is 1.55. The van der Waals surface area contributed by atoms with Crippen LogP contribution in [-0.2, 0) is 6.42 Å². The molecular weight excluding hydrogens is 191 g/mol. The fourth-order valence-corrected chi connectivity index (χ4v) is 1.55. The van der Waals surface area contributed by atoms with Crippen LogP contribution in [0.25, 0.3) is 0 Å². The van der Waals surface area contributed by atoms with Gasteiger partial charge in [0, 0.05) is 5.56 Å². The molecule has 80 valence electrons. The van der Waals surface area contributed by atoms with Crippen molar-refractivity contribution in [1.29, 1.82) is 0 Å². The Balaban J connectivity index is 3.04. The monoisotopic (exact) mass is 206 g/mol. The van der Waals surface area contributed by atoms with Crippen LogP contribution in [0.15, 0.2) is 18.2 Å². The summed E-state index contributed by atoms with van der Waals surface area (Å²) in [6, 6.07) is 5.14. The third-order valence-corrected chi connectivity index (χ3v) is 2.20. The van der Waals surface area contributed by atoms with Gasteiger partial charge in [0.2, 0.25) is 0 Å². The van der Waals surface area contributed by atoms with E-state index in [0.717, 1.165) is 12.0 Å². The summed E-state index contributed by atoms with van der Waals surface area (Å²) >= 11 is 0. The molecule has 0 amide bonds. The van der Waals surface area contributed by atoms with Crippen LogP contribution in [0, 0.1) is 5.92 Å². The van der Waals surface area contributed by atoms with Crippen LogP contribution in [0.3, 0.4) is 0 Å². The molecule has 0 atom stereocenters. The molecule has 1 aromatic rings. The normalized spacial score (nSPS) is 10.5. The van der Waals surface area contributed by atoms with Crippen LogP contribution in [0.2, 0.25) is 0 Å². The topological polar surface area (TPSA) is 57.5 Å². The molecule has 0 aliphatic heterocycles. The Hall–Kier alpha value is -1.13. The Morgan fingerprint density at radius 1 is 1.40 bits per heavy atom. The SMILES string of the molecule is CC(C)Cc1ccc(C=O)c(B(O)O)c1. The van der Waals surface area contributed by atoms with Crippen molar-refractivity contribution in [1.82, 2.24) is 0 Å². The zero-order chi connectivity index (χ0) is 11.4. The lowest BCUT2D eigenvalue weighted by Gasteiger charge is -2.09. The standard InChI is InChI=1S/C11H15BO3/c1-8(2)5-9-3-4-10(7-13)11(6-9)12(14)15/h3-4,6-8,14-15H,5H2,1-2H3. The first kappa shape index (κ1) is 11.9. The highest BCUT2D eigenvalue weighted by Crippen LogP contribution is 2.08. The lowest BCUT2D eigenvalue weighted by atomic mass is 9.76. The van der Waals surface area contributed by atoms with Gasteiger partial charge in [-0.2, -0.15) is 0 Å². The zero-order valence-corrected chi connectivity index (χ0v) is 8.97. The molecule has 0 aliphatic rings. The van der Waals surface area contributed by atoms with Crippen molar-refractivity contribution in [3.8, 4) is 0 Å². The van der Waals surface area contributed by atoms with Gasteiger partial charge in [-0.15, -0.1) is 0 Å². The molecule has 1 rings (SSSR count). The highest BCUT2D eigenvalue weighted by atomic mass is 16.4. The number of hydrogen-bond acceptors (Lipinski definition) is 3. The van der Waals surface area contributed by atoms with Crippen molar-refractivity contribution in [2.24, 2.45) is 5.92 Å². The second-order valence-electron chi connectivity index (χ2n) is 4.05. The summed E-state index contributed by atoms with van der Waals surface area (Å²) in [5.41, 5.74) is 1.62. The summed E-state index contributed by atoms with van der Waals surface area (Å²) in [5, 5.41) is 18.2. The summed E-state index contributed by atoms with van der Waals surface area (Å²) in [6.45, 7) is 4.17. The van der Waals surface area contributed by atoms with Crippen molar-refractivity contribution in [3.63, 3.8) is 0 Å². The fraction of sp³-hybridized carbons (Fsp3) is 0.364. The first-order valence-corrected chi connectivity index (χ1v) is 4.98. The Bertz CT molecular complexity index is 348. The van der Waals surface area contributed by atoms with Gasteiger partial charge in [-0.3, -0.25) is 4.79 Å². The maximum absolute atomic E-state index is 10.6. The molecule has 0 fully saturated rings. The van der Waals surface area contributed by atoms with Crippen molar-refractivity contribution < 1.29 is 14.8 Å². The van der Waals surface area contributed by atoms with Crippen LogP contribution >= 0.6 is 0 Å². The van der Waals surface area contributed by atoms with Gasteiger partial charge in [0.05, 0.1) is 0 Å². The molecule has 0 bridgehead atoms. The highest BCUT2D eigenvalue weighted by Gasteiger charge is 2.16. The van der Waals surface area contributed by atoms with Crippen LogP contribution in [0.4, 0.5) is 0 Å². The van der Waals surface area contributed by atoms with Gasteiger partial charge in [0.1, 0.15) is 6.29 Å². The number of rotatable bonds is 4. The minimum absolute atomic E-state index is 0.281. The van der Waals surface area contributed by atoms with E-state index in [2.05, 4.69) is 13.8 Å². The average molecular weight is 206 g/mol. The molecule has 4 heteroatoms. The maximum Gasteiger partial charge on any atom is 0.489 e. The van der Waals surface area contributed by atoms with Crippen molar-refractivity contribution in [2.45, 2.75) is 20.3 Å². The summed E-state index contributed by atoms with van der Waals surface area (Å²) in [5.74, 6) is 0.496. The van der Waals surface area contributed by atoms with E-state index in [-0.39, 0.29) is 5.46 Å². The van der Waals surface area contributed by atoms with E-state index in [0.29, 0.717) is 17.8 Å². The molecule has 0 heterocycles. The second kappa shape index (κ2) is 5.10. The van der Waals surface area contributed by atoms with Gasteiger partial charge in [-0.1, -0.05) is 32.0 Å². The molecule has 1 aromatic carbocycles. The quantitative estimate of drug-likeness (QED) is 0.553. The van der Waals surface area contributed by atoms with Crippen LogP contribution < -0.4 is 5.46 Å². The molecule has 0 saturated heterocycles. The summed E-state index contributed by atoms with van der Waals surface area (Å²) in [4.78, 5) is 10.6. The molecule has 0 radical (unpaired) electrons. The lowest BCUT2D eigenvalue weighted by molar-refractivity contribution is 0.112. The number of carbonyl (C=O) groups is 1. The number of carbonyl (C=O) groups excluding carboxylic acids is 1. The first-order valence-electron chi connectivity index (χ1n) is 4.98. The Kier molecular flexibility index (Phi) is 4.06. The molecule has 3 nitrogen and oxygen atoms in total. The summed E-state index contributed by atoms with van der Waals surface area (Å²) in [7, 11) is -1.59. The smallest absolute Gasteiger partial charge is 0.423 e. The maximum atomic E-state index is 10.6. The van der Waals surface area contributed by atoms with Gasteiger partial charge < -0.3 is 10.0 Å². The molecule has 15 heavy (non-hydrogen) atoms. The van der Waals surface area contributed by atoms with Gasteiger partial charge in [-0.05, 0) is 23.4 Å². The molecule has 0 unspecified atom stereocenters. The zero-order valence-electron chi connectivity index (χ0n) is 8.97. The van der Waals surface area contributed by atoms with Gasteiger partial charge in [0.25, 0.3) is 0 Å². The summed E-state index contributed by atoms with van der Waals surface area (Å²) in [6.07, 6.45) is 1.49. The Morgan fingerprint density at radius 3 is 2.53 bits per heavy atom. The van der Waals surface area contributed by atoms with E-state index in [1.54, 1.807) is 12.1 Å². The Morgan fingerprint density at radius 2 is 2.07 bits per heavy atom. The van der Waals surface area contributed by atoms with Crippen molar-refractivity contribution >= 4 is 18.9 Å². The van der Waals surface area contributed by atoms with E-state index in [1.165, 1.54) is 0 Å². The third-order valence-electron chi connectivity index (χ3n) is 2.20. The molecule has 2 N–H and O–H groups in total. The Labute approximate surface area is 89.9 Å². The van der Waals surface area contributed by atoms with E-state index < -0.39 is 7.12 Å². The largest absolute Gasteiger partial charge is 0.489 e. The average Bonchev–Trinajstić information content (AvgIpc) is 2.16. The van der Waals surface area contributed by atoms with Crippen LogP contribution in [0.1, 0.15) is 29.8 Å². The predicted octanol–water partition coefficient (Wildman–Crippen LogP) is 0.377. The van der Waals surface area contributed by atoms with Crippen molar-refractivity contribution in [3.05, 3.63) is 29.3 Å². The van der Waals surface area contributed by atoms with E-state index in [1.807, 2.05) is 6.07 Å². The molecular formula is C11H15BO3. The predicted molar refractivity (Wildman–Crippen MR) is 60.2 cm³/mol. The lowest BCUT2D eigenvalue weighted by Crippen LogP contribution is -2.33. The highest BCUT2D eigenvalue weighted by molar-refractivity contribution is 6.60. The first-order chi connectivity index (χ1) is 7.04. The van der Waals surface area contributed by atoms with Crippen LogP contribution in [0.5, 0.6) is 0 Å². The minimum Gasteiger partial charge on any atom is -0.423 e. The number of aldehydes is 1. The molecule has 0 spiro atoms. The summed E-state index contributed by atoms with van der Waals surface area (Å²) < 4.78 is 0. The van der Waals surface area contributed by atoms with E-state index >= 15 is 0 Å². The van der Waals surface area contributed by atoms with Gasteiger partial charge in [-0.25, -0.2) is 0 Å². The van der Waals surface area contributed by atoms with Gasteiger partial charge in [0.15, 0.2) is 0 Å². The van der Waals surface area contributed by atoms with Crippen molar-refractivity contribution in [2.75, 3.05) is 0 Å². The third kappa shape index (κ3) is 3.18. The van der Waals surface area contributed by atoms with E-state index in [9.17, 15) is 4.79 Å². The van der Waals surface area contributed by atoms with Crippen LogP contribution in [-0.4, -0.2) is 23.5 Å². The number of hydrogen-bond donors (Lipinski definition) is 2. The molecule has 0 aromatic heterocycles. The molecule has 0 saturated carbocycles.